The lowest BCUT2D eigenvalue weighted by molar-refractivity contribution is -0.139. The molecule has 0 spiro atoms. The van der Waals surface area contributed by atoms with Gasteiger partial charge in [0.15, 0.2) is 5.60 Å². The van der Waals surface area contributed by atoms with Gasteiger partial charge in [-0.25, -0.2) is 0 Å². The number of carbonyl (C=O) groups is 3. The van der Waals surface area contributed by atoms with Crippen LogP contribution in [0.15, 0.2) is 89.4 Å². The highest BCUT2D eigenvalue weighted by molar-refractivity contribution is 9.10. The van der Waals surface area contributed by atoms with Crippen molar-refractivity contribution in [3.05, 3.63) is 106 Å². The number of hydrogen-bond donors (Lipinski definition) is 4. The second kappa shape index (κ2) is 15.2. The number of benzene rings is 3. The lowest BCUT2D eigenvalue weighted by Gasteiger charge is -2.28. The number of hydrogen-bond acceptors (Lipinski definition) is 6. The number of amides is 3. The molecule has 46 heavy (non-hydrogen) atoms. The molecule has 10 heteroatoms. The molecule has 3 aromatic carbocycles. The van der Waals surface area contributed by atoms with Crippen LogP contribution < -0.4 is 15.5 Å². The molecule has 3 aromatic rings. The normalized spacial score (nSPS) is 20.0. The van der Waals surface area contributed by atoms with Gasteiger partial charge in [0.2, 0.25) is 11.8 Å². The van der Waals surface area contributed by atoms with E-state index in [1.165, 1.54) is 0 Å². The highest BCUT2D eigenvalue weighted by atomic mass is 79.9. The minimum absolute atomic E-state index is 0.000260. The number of halogens is 1. The van der Waals surface area contributed by atoms with Crippen molar-refractivity contribution in [1.29, 1.82) is 0 Å². The van der Waals surface area contributed by atoms with Gasteiger partial charge in [0.05, 0.1) is 24.8 Å². The molecule has 4 N–H and O–H groups in total. The van der Waals surface area contributed by atoms with E-state index in [0.717, 1.165) is 35.0 Å². The maximum atomic E-state index is 14.0. The summed E-state index contributed by atoms with van der Waals surface area (Å²) in [5.41, 5.74) is 1.78. The summed E-state index contributed by atoms with van der Waals surface area (Å²) >= 11 is 3.49. The topological polar surface area (TPSA) is 122 Å². The Morgan fingerprint density at radius 3 is 2.59 bits per heavy atom. The Balaban J connectivity index is 1.27. The number of fused-ring (bicyclic) bond motifs is 1. The van der Waals surface area contributed by atoms with E-state index in [1.807, 2.05) is 66.7 Å². The van der Waals surface area contributed by atoms with Crippen molar-refractivity contribution in [2.75, 3.05) is 36.5 Å². The van der Waals surface area contributed by atoms with Crippen LogP contribution in [0.2, 0.25) is 0 Å². The molecule has 0 bridgehead atoms. The van der Waals surface area contributed by atoms with Crippen molar-refractivity contribution >= 4 is 45.0 Å². The van der Waals surface area contributed by atoms with Crippen LogP contribution in [0.5, 0.6) is 0 Å². The smallest absolute Gasteiger partial charge is 0.264 e. The van der Waals surface area contributed by atoms with Crippen LogP contribution in [0.1, 0.15) is 42.9 Å². The van der Waals surface area contributed by atoms with Gasteiger partial charge in [0.25, 0.3) is 5.91 Å². The number of aliphatic hydroxyl groups is 2. The molecular formula is C36H41BrN4O5. The van der Waals surface area contributed by atoms with E-state index in [4.69, 9.17) is 0 Å². The van der Waals surface area contributed by atoms with Crippen LogP contribution in [0.4, 0.5) is 11.4 Å². The summed E-state index contributed by atoms with van der Waals surface area (Å²) in [6.45, 7) is 4.07. The molecule has 2 aliphatic heterocycles. The predicted molar refractivity (Wildman–Crippen MR) is 182 cm³/mol. The van der Waals surface area contributed by atoms with Gasteiger partial charge in [-0.15, -0.1) is 0 Å². The summed E-state index contributed by atoms with van der Waals surface area (Å²) in [6, 6.07) is 22.4. The third-order valence-electron chi connectivity index (χ3n) is 8.78. The van der Waals surface area contributed by atoms with Crippen LogP contribution in [0, 0.1) is 11.8 Å². The van der Waals surface area contributed by atoms with Crippen LogP contribution in [0.25, 0.3) is 0 Å². The van der Waals surface area contributed by atoms with Gasteiger partial charge < -0.3 is 30.6 Å². The van der Waals surface area contributed by atoms with Crippen LogP contribution in [0.3, 0.4) is 0 Å². The summed E-state index contributed by atoms with van der Waals surface area (Å²) in [6.07, 6.45) is 5.31. The number of rotatable bonds is 12. The first-order valence-corrected chi connectivity index (χ1v) is 16.5. The van der Waals surface area contributed by atoms with Crippen LogP contribution in [-0.2, 0) is 33.1 Å². The van der Waals surface area contributed by atoms with Crippen LogP contribution >= 0.6 is 15.9 Å². The number of carbonyl (C=O) groups excluding carboxylic acids is 3. The molecule has 2 aliphatic rings. The molecule has 3 atom stereocenters. The molecule has 2 heterocycles. The van der Waals surface area contributed by atoms with Crippen molar-refractivity contribution in [3.8, 4) is 0 Å². The average molecular weight is 690 g/mol. The molecule has 1 saturated heterocycles. The maximum Gasteiger partial charge on any atom is 0.264 e. The van der Waals surface area contributed by atoms with Crippen molar-refractivity contribution in [2.45, 2.75) is 44.9 Å². The molecule has 1 fully saturated rings. The second-order valence-corrected chi connectivity index (χ2v) is 12.9. The molecule has 0 aromatic heterocycles. The molecule has 1 unspecified atom stereocenters. The summed E-state index contributed by atoms with van der Waals surface area (Å²) in [5.74, 6) is -1.30. The predicted octanol–water partition coefficient (Wildman–Crippen LogP) is 4.73. The molecule has 3 amide bonds. The first-order valence-electron chi connectivity index (χ1n) is 15.7. The van der Waals surface area contributed by atoms with Crippen molar-refractivity contribution in [3.63, 3.8) is 0 Å². The Hall–Kier alpha value is -3.83. The first-order chi connectivity index (χ1) is 22.2. The summed E-state index contributed by atoms with van der Waals surface area (Å²) in [7, 11) is 0. The minimum Gasteiger partial charge on any atom is -0.395 e. The number of anilines is 2. The Labute approximate surface area is 278 Å². The maximum absolute atomic E-state index is 14.0. The average Bonchev–Trinajstić information content (AvgIpc) is 3.28. The lowest BCUT2D eigenvalue weighted by Crippen LogP contribution is -2.44. The lowest BCUT2D eigenvalue weighted by atomic mass is 9.83. The van der Waals surface area contributed by atoms with Gasteiger partial charge in [-0.1, -0.05) is 77.5 Å². The Kier molecular flexibility index (Phi) is 11.1. The highest BCUT2D eigenvalue weighted by Crippen LogP contribution is 2.46. The van der Waals surface area contributed by atoms with Crippen LogP contribution in [-0.4, -0.2) is 59.1 Å². The van der Waals surface area contributed by atoms with Crippen molar-refractivity contribution < 1.29 is 24.6 Å². The zero-order chi connectivity index (χ0) is 32.7. The quantitative estimate of drug-likeness (QED) is 0.204. The fraction of sp³-hybridized carbons (Fsp3) is 0.361. The molecule has 0 saturated carbocycles. The van der Waals surface area contributed by atoms with Crippen molar-refractivity contribution in [2.24, 2.45) is 11.8 Å². The van der Waals surface area contributed by atoms with E-state index in [0.29, 0.717) is 30.0 Å². The highest BCUT2D eigenvalue weighted by Gasteiger charge is 2.52. The minimum atomic E-state index is -1.84. The standard InChI is InChI=1S/C36H41BrN4O5/c1-25(7-5-11-33(43)40(19-20-42)23-26-8-3-2-4-9-26)36(46)31-21-29(37)14-17-32(31)41(35(36)45)24-27-12-15-30(16-13-27)39-34(44)28-10-6-18-38-22-28/h2-5,7-9,12-17,21,25,28,38,42,46H,6,10-11,18-20,22-24H2,1H3,(H,39,44)/b7-5+/t25-,28?,36+/m1/s1. The number of nitrogens with zero attached hydrogens (tertiary/aromatic N) is 2. The van der Waals surface area contributed by atoms with E-state index < -0.39 is 17.4 Å². The molecule has 9 nitrogen and oxygen atoms in total. The van der Waals surface area contributed by atoms with Gasteiger partial charge in [0.1, 0.15) is 0 Å². The number of aliphatic hydroxyl groups excluding tert-OH is 1. The molecule has 5 rings (SSSR count). The second-order valence-electron chi connectivity index (χ2n) is 12.0. The Morgan fingerprint density at radius 2 is 1.89 bits per heavy atom. The molecule has 0 aliphatic carbocycles. The SMILES string of the molecule is C[C@H](/C=C/CC(=O)N(CCO)Cc1ccccc1)[C@@]1(O)C(=O)N(Cc2ccc(NC(=O)C3CCCNC3)cc2)c2ccc(Br)cc21. The zero-order valence-corrected chi connectivity index (χ0v) is 27.6. The molecular weight excluding hydrogens is 648 g/mol. The number of piperidine rings is 1. The van der Waals surface area contributed by atoms with E-state index in [-0.39, 0.29) is 43.8 Å². The van der Waals surface area contributed by atoms with Gasteiger partial charge >= 0.3 is 0 Å². The van der Waals surface area contributed by atoms with Gasteiger partial charge in [-0.3, -0.25) is 14.4 Å². The third-order valence-corrected chi connectivity index (χ3v) is 9.27. The van der Waals surface area contributed by atoms with E-state index in [2.05, 4.69) is 26.6 Å². The first kappa shape index (κ1) is 33.5. The fourth-order valence-electron chi connectivity index (χ4n) is 6.13. The molecule has 0 radical (unpaired) electrons. The van der Waals surface area contributed by atoms with Gasteiger partial charge in [-0.05, 0) is 60.8 Å². The summed E-state index contributed by atoms with van der Waals surface area (Å²) in [4.78, 5) is 42.9. The number of nitrogens with one attached hydrogen (secondary N) is 2. The fourth-order valence-corrected chi connectivity index (χ4v) is 6.49. The van der Waals surface area contributed by atoms with Gasteiger partial charge in [0, 0.05) is 47.7 Å². The third kappa shape index (κ3) is 7.58. The van der Waals surface area contributed by atoms with E-state index >= 15 is 0 Å². The summed E-state index contributed by atoms with van der Waals surface area (Å²) < 4.78 is 0.736. The largest absolute Gasteiger partial charge is 0.395 e. The van der Waals surface area contributed by atoms with E-state index in [1.54, 1.807) is 34.9 Å². The summed E-state index contributed by atoms with van der Waals surface area (Å²) in [5, 5.41) is 27.8. The zero-order valence-electron chi connectivity index (χ0n) is 26.0. The van der Waals surface area contributed by atoms with Gasteiger partial charge in [-0.2, -0.15) is 0 Å². The monoisotopic (exact) mass is 688 g/mol. The Morgan fingerprint density at radius 1 is 1.13 bits per heavy atom. The van der Waals surface area contributed by atoms with E-state index in [9.17, 15) is 24.6 Å². The molecule has 242 valence electrons. The van der Waals surface area contributed by atoms with Crippen molar-refractivity contribution in [1.82, 2.24) is 10.2 Å². The Bertz CT molecular complexity index is 1560.